The molecule has 3 aromatic rings. The van der Waals surface area contributed by atoms with Gasteiger partial charge in [-0.2, -0.15) is 4.57 Å². The van der Waals surface area contributed by atoms with E-state index in [2.05, 4.69) is 67.8 Å². The van der Waals surface area contributed by atoms with E-state index in [4.69, 9.17) is 0 Å². The Balaban J connectivity index is 2.09. The number of pyridine rings is 1. The summed E-state index contributed by atoms with van der Waals surface area (Å²) in [5.41, 5.74) is 9.68. The summed E-state index contributed by atoms with van der Waals surface area (Å²) in [5, 5.41) is 1.36. The van der Waals surface area contributed by atoms with Crippen molar-refractivity contribution >= 4 is 10.9 Å². The van der Waals surface area contributed by atoms with Crippen molar-refractivity contribution in [3.8, 4) is 11.3 Å². The molecule has 1 aliphatic heterocycles. The van der Waals surface area contributed by atoms with E-state index >= 15 is 0 Å². The lowest BCUT2D eigenvalue weighted by atomic mass is 9.99. The standard InChI is InChI=1S/C19H18N/c1-12-9-14(3)17-11-20-18-6-4-5-13(2)15(18)7-8-19(20)16(17)10-12/h4-10H,11H2,1-3H3/q+1. The number of benzene rings is 2. The first-order valence-electron chi connectivity index (χ1n) is 7.18. The third-order valence-electron chi connectivity index (χ3n) is 4.50. The molecule has 0 spiro atoms. The molecule has 0 atom stereocenters. The zero-order valence-electron chi connectivity index (χ0n) is 12.2. The van der Waals surface area contributed by atoms with Crippen molar-refractivity contribution in [2.75, 3.05) is 0 Å². The van der Waals surface area contributed by atoms with Crippen molar-refractivity contribution in [2.24, 2.45) is 0 Å². The van der Waals surface area contributed by atoms with Crippen LogP contribution in [0.2, 0.25) is 0 Å². The third kappa shape index (κ3) is 1.46. The molecule has 0 saturated carbocycles. The van der Waals surface area contributed by atoms with Gasteiger partial charge in [0.1, 0.15) is 0 Å². The number of aryl methyl sites for hydroxylation is 3. The Kier molecular flexibility index (Phi) is 2.29. The van der Waals surface area contributed by atoms with Crippen LogP contribution in [0.1, 0.15) is 22.3 Å². The molecule has 0 N–H and O–H groups in total. The number of fused-ring (bicyclic) bond motifs is 5. The van der Waals surface area contributed by atoms with Crippen molar-refractivity contribution in [2.45, 2.75) is 27.3 Å². The number of nitrogens with zero attached hydrogens (tertiary/aromatic N) is 1. The molecule has 1 aliphatic rings. The molecule has 0 bridgehead atoms. The Morgan fingerprint density at radius 1 is 0.900 bits per heavy atom. The summed E-state index contributed by atoms with van der Waals surface area (Å²) in [5.74, 6) is 0. The molecule has 0 radical (unpaired) electrons. The normalized spacial score (nSPS) is 12.6. The van der Waals surface area contributed by atoms with Crippen LogP contribution in [0.3, 0.4) is 0 Å². The summed E-state index contributed by atoms with van der Waals surface area (Å²) >= 11 is 0. The lowest BCUT2D eigenvalue weighted by Crippen LogP contribution is -2.33. The second kappa shape index (κ2) is 3.92. The smallest absolute Gasteiger partial charge is 0.187 e. The molecule has 0 saturated heterocycles. The monoisotopic (exact) mass is 260 g/mol. The first kappa shape index (κ1) is 11.7. The number of hydrogen-bond donors (Lipinski definition) is 0. The average molecular weight is 260 g/mol. The minimum atomic E-state index is 0.998. The Morgan fingerprint density at radius 3 is 2.60 bits per heavy atom. The molecular weight excluding hydrogens is 242 g/mol. The van der Waals surface area contributed by atoms with Crippen molar-refractivity contribution < 1.29 is 4.57 Å². The molecule has 1 aromatic heterocycles. The highest BCUT2D eigenvalue weighted by atomic mass is 15.0. The number of rotatable bonds is 0. The van der Waals surface area contributed by atoms with E-state index in [0.29, 0.717) is 0 Å². The zero-order valence-corrected chi connectivity index (χ0v) is 12.2. The quantitative estimate of drug-likeness (QED) is 0.419. The Hall–Kier alpha value is -2.15. The van der Waals surface area contributed by atoms with Crippen LogP contribution in [0, 0.1) is 20.8 Å². The van der Waals surface area contributed by atoms with Crippen LogP contribution < -0.4 is 4.57 Å². The van der Waals surface area contributed by atoms with Crippen molar-refractivity contribution in [1.82, 2.24) is 0 Å². The van der Waals surface area contributed by atoms with Crippen LogP contribution in [-0.2, 0) is 6.54 Å². The summed E-state index contributed by atoms with van der Waals surface area (Å²) in [6, 6.07) is 15.7. The largest absolute Gasteiger partial charge is 0.213 e. The Bertz CT molecular complexity index is 859. The minimum Gasteiger partial charge on any atom is -0.187 e. The van der Waals surface area contributed by atoms with Gasteiger partial charge in [0.05, 0.1) is 5.56 Å². The van der Waals surface area contributed by atoms with Crippen LogP contribution in [0.4, 0.5) is 0 Å². The second-order valence-electron chi connectivity index (χ2n) is 5.92. The van der Waals surface area contributed by atoms with E-state index in [1.165, 1.54) is 44.4 Å². The maximum Gasteiger partial charge on any atom is 0.213 e. The molecule has 0 fully saturated rings. The molecule has 2 aromatic carbocycles. The highest BCUT2D eigenvalue weighted by Crippen LogP contribution is 2.32. The maximum atomic E-state index is 2.46. The summed E-state index contributed by atoms with van der Waals surface area (Å²) < 4.78 is 2.46. The molecule has 4 rings (SSSR count). The molecule has 0 aliphatic carbocycles. The summed E-state index contributed by atoms with van der Waals surface area (Å²) in [7, 11) is 0. The van der Waals surface area contributed by atoms with Crippen LogP contribution in [0.15, 0.2) is 42.5 Å². The molecule has 98 valence electrons. The van der Waals surface area contributed by atoms with Gasteiger partial charge < -0.3 is 0 Å². The zero-order chi connectivity index (χ0) is 13.9. The summed E-state index contributed by atoms with van der Waals surface area (Å²) in [6.07, 6.45) is 0. The highest BCUT2D eigenvalue weighted by Gasteiger charge is 2.29. The van der Waals surface area contributed by atoms with E-state index in [0.717, 1.165) is 6.54 Å². The van der Waals surface area contributed by atoms with Gasteiger partial charge in [-0.25, -0.2) is 0 Å². The van der Waals surface area contributed by atoms with Crippen LogP contribution >= 0.6 is 0 Å². The van der Waals surface area contributed by atoms with Crippen molar-refractivity contribution in [3.05, 3.63) is 64.7 Å². The molecular formula is C19H18N+. The average Bonchev–Trinajstić information content (AvgIpc) is 2.79. The molecule has 2 heterocycles. The second-order valence-corrected chi connectivity index (χ2v) is 5.92. The van der Waals surface area contributed by atoms with Gasteiger partial charge in [-0.1, -0.05) is 18.2 Å². The van der Waals surface area contributed by atoms with E-state index in [9.17, 15) is 0 Å². The van der Waals surface area contributed by atoms with Gasteiger partial charge in [-0.15, -0.1) is 0 Å². The summed E-state index contributed by atoms with van der Waals surface area (Å²) in [6.45, 7) is 7.59. The van der Waals surface area contributed by atoms with E-state index in [1.807, 2.05) is 0 Å². The van der Waals surface area contributed by atoms with Crippen LogP contribution in [0.25, 0.3) is 22.2 Å². The summed E-state index contributed by atoms with van der Waals surface area (Å²) in [4.78, 5) is 0. The van der Waals surface area contributed by atoms with Gasteiger partial charge in [-0.05, 0) is 49.6 Å². The fourth-order valence-electron chi connectivity index (χ4n) is 3.50. The van der Waals surface area contributed by atoms with E-state index in [1.54, 1.807) is 0 Å². The van der Waals surface area contributed by atoms with Crippen molar-refractivity contribution in [1.29, 1.82) is 0 Å². The minimum absolute atomic E-state index is 0.998. The molecule has 20 heavy (non-hydrogen) atoms. The van der Waals surface area contributed by atoms with Gasteiger partial charge in [0.2, 0.25) is 11.2 Å². The molecule has 1 heteroatoms. The lowest BCUT2D eigenvalue weighted by Gasteiger charge is -2.02. The Morgan fingerprint density at radius 2 is 1.75 bits per heavy atom. The first-order valence-corrected chi connectivity index (χ1v) is 7.18. The highest BCUT2D eigenvalue weighted by molar-refractivity contribution is 5.82. The fraction of sp³-hybridized carbons (Fsp3) is 0.211. The van der Waals surface area contributed by atoms with Crippen LogP contribution in [-0.4, -0.2) is 0 Å². The third-order valence-corrected chi connectivity index (χ3v) is 4.50. The number of hydrogen-bond acceptors (Lipinski definition) is 0. The Labute approximate surface area is 119 Å². The van der Waals surface area contributed by atoms with Gasteiger partial charge in [-0.3, -0.25) is 0 Å². The van der Waals surface area contributed by atoms with Crippen molar-refractivity contribution in [3.63, 3.8) is 0 Å². The molecule has 0 unspecified atom stereocenters. The van der Waals surface area contributed by atoms with Gasteiger partial charge in [0.25, 0.3) is 0 Å². The van der Waals surface area contributed by atoms with E-state index in [-0.39, 0.29) is 0 Å². The lowest BCUT2D eigenvalue weighted by molar-refractivity contribution is -0.645. The predicted molar refractivity (Wildman–Crippen MR) is 82.9 cm³/mol. The fourth-order valence-corrected chi connectivity index (χ4v) is 3.50. The maximum absolute atomic E-state index is 2.46. The van der Waals surface area contributed by atoms with E-state index < -0.39 is 0 Å². The van der Waals surface area contributed by atoms with Gasteiger partial charge in [0, 0.05) is 23.1 Å². The molecule has 0 amide bonds. The number of aromatic nitrogens is 1. The van der Waals surface area contributed by atoms with Crippen LogP contribution in [0.5, 0.6) is 0 Å². The topological polar surface area (TPSA) is 3.88 Å². The SMILES string of the molecule is Cc1cc(C)c2c(c1)-c1ccc3c(C)cccc3[n+]1C2. The van der Waals surface area contributed by atoms with Gasteiger partial charge in [0.15, 0.2) is 6.54 Å². The predicted octanol–water partition coefficient (Wildman–Crippen LogP) is 4.08. The van der Waals surface area contributed by atoms with Gasteiger partial charge >= 0.3 is 0 Å². The first-order chi connectivity index (χ1) is 9.65. The molecule has 1 nitrogen and oxygen atoms in total.